The molecule has 88 valence electrons. The summed E-state index contributed by atoms with van der Waals surface area (Å²) in [5, 5.41) is 2.86. The second-order valence-corrected chi connectivity index (χ2v) is 4.30. The van der Waals surface area contributed by atoms with E-state index in [0.717, 1.165) is 5.69 Å². The molecule has 0 aliphatic carbocycles. The van der Waals surface area contributed by atoms with E-state index < -0.39 is 0 Å². The Labute approximate surface area is 96.4 Å². The maximum atomic E-state index is 11.9. The van der Waals surface area contributed by atoms with Crippen LogP contribution in [0.25, 0.3) is 0 Å². The summed E-state index contributed by atoms with van der Waals surface area (Å²) in [6.45, 7) is 3.86. The summed E-state index contributed by atoms with van der Waals surface area (Å²) < 4.78 is 0. The average molecular weight is 221 g/mol. The first-order chi connectivity index (χ1) is 7.41. The fourth-order valence-corrected chi connectivity index (χ4v) is 1.47. The fourth-order valence-electron chi connectivity index (χ4n) is 1.47. The SMILES string of the molecule is CC(C)NC(=O)c1cc(N)ccc1N(C)C. The predicted octanol–water partition coefficient (Wildman–Crippen LogP) is 1.47. The molecular weight excluding hydrogens is 202 g/mol. The molecule has 0 aromatic heterocycles. The molecule has 16 heavy (non-hydrogen) atoms. The number of hydrogen-bond donors (Lipinski definition) is 2. The third-order valence-corrected chi connectivity index (χ3v) is 2.17. The topological polar surface area (TPSA) is 58.4 Å². The Morgan fingerprint density at radius 3 is 2.50 bits per heavy atom. The van der Waals surface area contributed by atoms with Crippen molar-refractivity contribution in [1.29, 1.82) is 0 Å². The van der Waals surface area contributed by atoms with Crippen LogP contribution in [0.2, 0.25) is 0 Å². The smallest absolute Gasteiger partial charge is 0.253 e. The Morgan fingerprint density at radius 2 is 2.00 bits per heavy atom. The molecule has 0 heterocycles. The lowest BCUT2D eigenvalue weighted by atomic mass is 10.1. The van der Waals surface area contributed by atoms with Gasteiger partial charge in [0.2, 0.25) is 0 Å². The van der Waals surface area contributed by atoms with Crippen LogP contribution in [0.4, 0.5) is 11.4 Å². The van der Waals surface area contributed by atoms with Crippen molar-refractivity contribution in [2.24, 2.45) is 0 Å². The summed E-state index contributed by atoms with van der Waals surface area (Å²) in [5.74, 6) is -0.0917. The number of anilines is 2. The van der Waals surface area contributed by atoms with Gasteiger partial charge in [0.1, 0.15) is 0 Å². The molecular formula is C12H19N3O. The summed E-state index contributed by atoms with van der Waals surface area (Å²) >= 11 is 0. The van der Waals surface area contributed by atoms with Crippen molar-refractivity contribution in [2.75, 3.05) is 24.7 Å². The number of carbonyl (C=O) groups is 1. The molecule has 3 N–H and O–H groups in total. The largest absolute Gasteiger partial charge is 0.399 e. The highest BCUT2D eigenvalue weighted by atomic mass is 16.1. The van der Waals surface area contributed by atoms with E-state index in [2.05, 4.69) is 5.32 Å². The zero-order valence-electron chi connectivity index (χ0n) is 10.2. The van der Waals surface area contributed by atoms with Crippen LogP contribution in [0.3, 0.4) is 0 Å². The molecule has 4 nitrogen and oxygen atoms in total. The first-order valence-electron chi connectivity index (χ1n) is 5.29. The molecule has 1 rings (SSSR count). The van der Waals surface area contributed by atoms with E-state index in [1.54, 1.807) is 12.1 Å². The molecule has 0 spiro atoms. The molecule has 0 atom stereocenters. The molecule has 0 bridgehead atoms. The number of hydrogen-bond acceptors (Lipinski definition) is 3. The molecule has 1 aromatic rings. The Morgan fingerprint density at radius 1 is 1.38 bits per heavy atom. The highest BCUT2D eigenvalue weighted by molar-refractivity contribution is 6.00. The van der Waals surface area contributed by atoms with Crippen molar-refractivity contribution in [3.8, 4) is 0 Å². The highest BCUT2D eigenvalue weighted by Gasteiger charge is 2.13. The summed E-state index contributed by atoms with van der Waals surface area (Å²) in [4.78, 5) is 13.8. The molecule has 1 amide bonds. The lowest BCUT2D eigenvalue weighted by molar-refractivity contribution is 0.0943. The number of benzene rings is 1. The number of nitrogen functional groups attached to an aromatic ring is 1. The van der Waals surface area contributed by atoms with Gasteiger partial charge in [0, 0.05) is 31.5 Å². The van der Waals surface area contributed by atoms with Crippen molar-refractivity contribution in [1.82, 2.24) is 5.32 Å². The van der Waals surface area contributed by atoms with Crippen LogP contribution in [0.1, 0.15) is 24.2 Å². The van der Waals surface area contributed by atoms with Crippen LogP contribution in [0.5, 0.6) is 0 Å². The first-order valence-corrected chi connectivity index (χ1v) is 5.29. The van der Waals surface area contributed by atoms with Gasteiger partial charge in [-0.15, -0.1) is 0 Å². The van der Waals surface area contributed by atoms with E-state index in [9.17, 15) is 4.79 Å². The van der Waals surface area contributed by atoms with Gasteiger partial charge in [-0.2, -0.15) is 0 Å². The predicted molar refractivity (Wildman–Crippen MR) is 67.8 cm³/mol. The molecule has 0 saturated heterocycles. The molecule has 0 unspecified atom stereocenters. The number of carbonyl (C=O) groups excluding carboxylic acids is 1. The van der Waals surface area contributed by atoms with Crippen molar-refractivity contribution in [3.05, 3.63) is 23.8 Å². The Bertz CT molecular complexity index is 386. The van der Waals surface area contributed by atoms with E-state index in [-0.39, 0.29) is 11.9 Å². The van der Waals surface area contributed by atoms with Crippen molar-refractivity contribution >= 4 is 17.3 Å². The second-order valence-electron chi connectivity index (χ2n) is 4.30. The van der Waals surface area contributed by atoms with Crippen molar-refractivity contribution in [2.45, 2.75) is 19.9 Å². The minimum Gasteiger partial charge on any atom is -0.399 e. The van der Waals surface area contributed by atoms with Crippen LogP contribution in [0, 0.1) is 0 Å². The van der Waals surface area contributed by atoms with Crippen molar-refractivity contribution < 1.29 is 4.79 Å². The van der Waals surface area contributed by atoms with Crippen molar-refractivity contribution in [3.63, 3.8) is 0 Å². The van der Waals surface area contributed by atoms with Gasteiger partial charge in [0.15, 0.2) is 0 Å². The Kier molecular flexibility index (Phi) is 3.77. The molecule has 0 aliphatic rings. The zero-order valence-corrected chi connectivity index (χ0v) is 10.2. The van der Waals surface area contributed by atoms with Crippen LogP contribution in [-0.4, -0.2) is 26.0 Å². The number of nitrogens with zero attached hydrogens (tertiary/aromatic N) is 1. The third kappa shape index (κ3) is 2.89. The molecule has 0 aliphatic heterocycles. The van der Waals surface area contributed by atoms with E-state index in [1.165, 1.54) is 0 Å². The molecule has 1 aromatic carbocycles. The fraction of sp³-hybridized carbons (Fsp3) is 0.417. The lowest BCUT2D eigenvalue weighted by Gasteiger charge is -2.18. The van der Waals surface area contributed by atoms with Gasteiger partial charge in [-0.1, -0.05) is 0 Å². The highest BCUT2D eigenvalue weighted by Crippen LogP contribution is 2.21. The second kappa shape index (κ2) is 4.88. The van der Waals surface area contributed by atoms with Gasteiger partial charge in [0.25, 0.3) is 5.91 Å². The van der Waals surface area contributed by atoms with Gasteiger partial charge in [-0.05, 0) is 32.0 Å². The number of nitrogens with two attached hydrogens (primary N) is 1. The zero-order chi connectivity index (χ0) is 12.3. The maximum Gasteiger partial charge on any atom is 0.253 e. The van der Waals surface area contributed by atoms with Crippen LogP contribution in [0.15, 0.2) is 18.2 Å². The van der Waals surface area contributed by atoms with Gasteiger partial charge in [-0.3, -0.25) is 4.79 Å². The average Bonchev–Trinajstić information content (AvgIpc) is 2.15. The number of rotatable bonds is 3. The molecule has 0 radical (unpaired) electrons. The van der Waals surface area contributed by atoms with E-state index in [0.29, 0.717) is 11.3 Å². The molecule has 0 saturated carbocycles. The Hall–Kier alpha value is -1.71. The third-order valence-electron chi connectivity index (χ3n) is 2.17. The van der Waals surface area contributed by atoms with Crippen LogP contribution < -0.4 is 16.0 Å². The van der Waals surface area contributed by atoms with Gasteiger partial charge in [0.05, 0.1) is 5.56 Å². The summed E-state index contributed by atoms with van der Waals surface area (Å²) in [7, 11) is 3.80. The van der Waals surface area contributed by atoms with E-state index in [4.69, 9.17) is 5.73 Å². The summed E-state index contributed by atoms with van der Waals surface area (Å²) in [6, 6.07) is 5.46. The normalized spacial score (nSPS) is 10.3. The number of nitrogens with one attached hydrogen (secondary N) is 1. The van der Waals surface area contributed by atoms with E-state index >= 15 is 0 Å². The molecule has 0 fully saturated rings. The minimum atomic E-state index is -0.0917. The van der Waals surface area contributed by atoms with Crippen LogP contribution >= 0.6 is 0 Å². The summed E-state index contributed by atoms with van der Waals surface area (Å²) in [6.07, 6.45) is 0. The monoisotopic (exact) mass is 221 g/mol. The first kappa shape index (κ1) is 12.4. The minimum absolute atomic E-state index is 0.0917. The quantitative estimate of drug-likeness (QED) is 0.760. The lowest BCUT2D eigenvalue weighted by Crippen LogP contribution is -2.31. The number of amides is 1. The Balaban J connectivity index is 3.09. The van der Waals surface area contributed by atoms with Gasteiger partial charge < -0.3 is 16.0 Å². The van der Waals surface area contributed by atoms with Crippen LogP contribution in [-0.2, 0) is 0 Å². The van der Waals surface area contributed by atoms with E-state index in [1.807, 2.05) is 38.9 Å². The summed E-state index contributed by atoms with van der Waals surface area (Å²) in [5.41, 5.74) is 7.77. The van der Waals surface area contributed by atoms with Gasteiger partial charge >= 0.3 is 0 Å². The molecule has 4 heteroatoms. The van der Waals surface area contributed by atoms with Gasteiger partial charge in [-0.25, -0.2) is 0 Å². The standard InChI is InChI=1S/C12H19N3O/c1-8(2)14-12(16)10-7-9(13)5-6-11(10)15(3)4/h5-8H,13H2,1-4H3,(H,14,16). The maximum absolute atomic E-state index is 11.9.